The number of phenolic OH excluding ortho intramolecular Hbond substituents is 1. The van der Waals surface area contributed by atoms with E-state index in [0.29, 0.717) is 31.6 Å². The van der Waals surface area contributed by atoms with Crippen LogP contribution in [0.1, 0.15) is 52.7 Å². The summed E-state index contributed by atoms with van der Waals surface area (Å²) in [6, 6.07) is 31.0. The molecule has 214 valence electrons. The maximum atomic E-state index is 10.8. The maximum absolute atomic E-state index is 10.8. The van der Waals surface area contributed by atoms with Crippen LogP contribution in [0.5, 0.6) is 5.75 Å². The highest BCUT2D eigenvalue weighted by Crippen LogP contribution is 2.39. The average Bonchev–Trinajstić information content (AvgIpc) is 3.01. The van der Waals surface area contributed by atoms with Gasteiger partial charge in [-0.05, 0) is 64.7 Å². The summed E-state index contributed by atoms with van der Waals surface area (Å²) in [6.45, 7) is 1.44. The number of likely N-dealkylation sites (N-methyl/N-ethyl adjacent to an activating group) is 1. The van der Waals surface area contributed by atoms with Gasteiger partial charge in [-0.3, -0.25) is 0 Å². The van der Waals surface area contributed by atoms with Gasteiger partial charge in [0.25, 0.3) is 0 Å². The summed E-state index contributed by atoms with van der Waals surface area (Å²) in [6.07, 6.45) is -1.06. The number of benzene rings is 4. The summed E-state index contributed by atoms with van der Waals surface area (Å²) in [4.78, 5) is 2.04. The van der Waals surface area contributed by atoms with E-state index in [1.165, 1.54) is 0 Å². The summed E-state index contributed by atoms with van der Waals surface area (Å²) >= 11 is 0. The van der Waals surface area contributed by atoms with Crippen LogP contribution in [-0.2, 0) is 22.6 Å². The van der Waals surface area contributed by atoms with Gasteiger partial charge < -0.3 is 35.4 Å². The number of aliphatic hydroxyl groups is 2. The van der Waals surface area contributed by atoms with Gasteiger partial charge in [0, 0.05) is 31.6 Å². The van der Waals surface area contributed by atoms with Crippen LogP contribution in [-0.4, -0.2) is 46.5 Å². The van der Waals surface area contributed by atoms with Crippen LogP contribution < -0.4 is 5.73 Å². The van der Waals surface area contributed by atoms with Crippen LogP contribution in [0.15, 0.2) is 97.1 Å². The molecule has 1 aliphatic rings. The van der Waals surface area contributed by atoms with E-state index in [9.17, 15) is 15.3 Å². The molecule has 1 saturated heterocycles. The lowest BCUT2D eigenvalue weighted by Crippen LogP contribution is -2.39. The van der Waals surface area contributed by atoms with Gasteiger partial charge in [0.05, 0.1) is 24.9 Å². The normalized spacial score (nSPS) is 19.8. The van der Waals surface area contributed by atoms with Gasteiger partial charge in [-0.25, -0.2) is 0 Å². The van der Waals surface area contributed by atoms with Crippen LogP contribution in [0.25, 0.3) is 11.1 Å². The van der Waals surface area contributed by atoms with Crippen molar-refractivity contribution in [1.29, 1.82) is 0 Å². The molecule has 0 spiro atoms. The van der Waals surface area contributed by atoms with E-state index in [0.717, 1.165) is 33.4 Å². The Kier molecular flexibility index (Phi) is 9.46. The van der Waals surface area contributed by atoms with Crippen molar-refractivity contribution in [1.82, 2.24) is 4.90 Å². The zero-order valence-corrected chi connectivity index (χ0v) is 23.3. The van der Waals surface area contributed by atoms with Gasteiger partial charge in [0.2, 0.25) is 0 Å². The second-order valence-corrected chi connectivity index (χ2v) is 10.7. The fourth-order valence-corrected chi connectivity index (χ4v) is 5.33. The van der Waals surface area contributed by atoms with Crippen molar-refractivity contribution in [2.75, 3.05) is 20.1 Å². The third kappa shape index (κ3) is 7.40. The van der Waals surface area contributed by atoms with Gasteiger partial charge in [-0.1, -0.05) is 72.8 Å². The Labute approximate surface area is 241 Å². The molecule has 1 fully saturated rings. The number of nitrogens with two attached hydrogens (primary N) is 1. The van der Waals surface area contributed by atoms with E-state index < -0.39 is 12.4 Å². The van der Waals surface area contributed by atoms with E-state index in [-0.39, 0.29) is 24.6 Å². The highest BCUT2D eigenvalue weighted by molar-refractivity contribution is 5.65. The quantitative estimate of drug-likeness (QED) is 0.213. The molecular formula is C34H38N2O5. The molecular weight excluding hydrogens is 516 g/mol. The number of aliphatic hydroxyl groups excluding tert-OH is 2. The lowest BCUT2D eigenvalue weighted by atomic mass is 9.98. The molecule has 0 amide bonds. The smallest absolute Gasteiger partial charge is 0.184 e. The zero-order valence-electron chi connectivity index (χ0n) is 23.3. The molecule has 0 saturated carbocycles. The molecule has 0 radical (unpaired) electrons. The first-order valence-corrected chi connectivity index (χ1v) is 14.0. The summed E-state index contributed by atoms with van der Waals surface area (Å²) in [7, 11) is 1.95. The third-order valence-electron chi connectivity index (χ3n) is 7.52. The lowest BCUT2D eigenvalue weighted by molar-refractivity contribution is -0.252. The monoisotopic (exact) mass is 554 g/mol. The van der Waals surface area contributed by atoms with Gasteiger partial charge in [-0.2, -0.15) is 0 Å². The predicted molar refractivity (Wildman–Crippen MR) is 159 cm³/mol. The molecule has 0 aliphatic carbocycles. The summed E-state index contributed by atoms with van der Waals surface area (Å²) in [5.74, 6) is 0.131. The van der Waals surface area contributed by atoms with Crippen LogP contribution in [0.2, 0.25) is 0 Å². The minimum Gasteiger partial charge on any atom is -0.508 e. The van der Waals surface area contributed by atoms with E-state index in [1.807, 2.05) is 66.5 Å². The Hall–Kier alpha value is -3.56. The van der Waals surface area contributed by atoms with Crippen molar-refractivity contribution in [2.24, 2.45) is 5.73 Å². The number of phenols is 1. The number of hydrogen-bond donors (Lipinski definition) is 4. The van der Waals surface area contributed by atoms with Crippen molar-refractivity contribution in [3.05, 3.63) is 125 Å². The first kappa shape index (κ1) is 29.0. The Morgan fingerprint density at radius 2 is 1.59 bits per heavy atom. The lowest BCUT2D eigenvalue weighted by Gasteiger charge is -2.38. The molecule has 7 nitrogen and oxygen atoms in total. The number of hydrogen-bond acceptors (Lipinski definition) is 7. The second-order valence-electron chi connectivity index (χ2n) is 10.7. The third-order valence-corrected chi connectivity index (χ3v) is 7.52. The summed E-state index contributed by atoms with van der Waals surface area (Å²) < 4.78 is 13.1. The van der Waals surface area contributed by atoms with Gasteiger partial charge in [0.1, 0.15) is 5.75 Å². The fraction of sp³-hybridized carbons (Fsp3) is 0.294. The molecule has 4 aromatic carbocycles. The van der Waals surface area contributed by atoms with E-state index in [1.54, 1.807) is 18.2 Å². The van der Waals surface area contributed by atoms with Gasteiger partial charge in [-0.15, -0.1) is 0 Å². The van der Waals surface area contributed by atoms with Crippen LogP contribution in [0.4, 0.5) is 0 Å². The van der Waals surface area contributed by atoms with E-state index >= 15 is 0 Å². The van der Waals surface area contributed by atoms with Crippen molar-refractivity contribution in [3.8, 4) is 16.9 Å². The predicted octanol–water partition coefficient (Wildman–Crippen LogP) is 5.22. The molecule has 7 heteroatoms. The van der Waals surface area contributed by atoms with Crippen molar-refractivity contribution >= 4 is 0 Å². The largest absolute Gasteiger partial charge is 0.508 e. The fourth-order valence-electron chi connectivity index (χ4n) is 5.33. The molecule has 0 aromatic heterocycles. The number of rotatable bonds is 10. The van der Waals surface area contributed by atoms with Crippen molar-refractivity contribution in [2.45, 2.75) is 44.2 Å². The minimum absolute atomic E-state index is 0.00930. The summed E-state index contributed by atoms with van der Waals surface area (Å²) in [5, 5.41) is 30.1. The molecule has 5 N–H and O–H groups in total. The Morgan fingerprint density at radius 1 is 0.854 bits per heavy atom. The Bertz CT molecular complexity index is 1430. The minimum atomic E-state index is -0.745. The van der Waals surface area contributed by atoms with Gasteiger partial charge >= 0.3 is 0 Å². The Morgan fingerprint density at radius 3 is 2.32 bits per heavy atom. The van der Waals surface area contributed by atoms with Crippen molar-refractivity contribution < 1.29 is 24.8 Å². The molecule has 1 aliphatic heterocycles. The highest BCUT2D eigenvalue weighted by Gasteiger charge is 2.33. The molecule has 0 bridgehead atoms. The molecule has 41 heavy (non-hydrogen) atoms. The topological polar surface area (TPSA) is 108 Å². The van der Waals surface area contributed by atoms with Gasteiger partial charge in [0.15, 0.2) is 6.29 Å². The molecule has 4 aromatic rings. The van der Waals surface area contributed by atoms with Crippen LogP contribution in [0.3, 0.4) is 0 Å². The van der Waals surface area contributed by atoms with E-state index in [2.05, 4.69) is 24.3 Å². The number of aromatic hydroxyl groups is 1. The second kappa shape index (κ2) is 13.4. The first-order valence-electron chi connectivity index (χ1n) is 14.0. The Balaban J connectivity index is 1.36. The standard InChI is InChI=1S/C34H38N2O5/c1-36(21-32(39)28-8-4-10-30(38)17-28)20-31-18-33(25-13-11-23(22-37)12-14-25)41-34(40-31)29-9-3-7-27(16-29)26-6-2-5-24(15-26)19-35/h2-17,31-34,37-39H,18-22,35H2,1H3/t31-,32+,33+,34+/m0/s1. The SMILES string of the molecule is CN(C[C@@H]1C[C@H](c2ccc(CO)cc2)O[C@H](c2cccc(-c3cccc(CN)c3)c2)O1)C[C@@H](O)c1cccc(O)c1. The zero-order chi connectivity index (χ0) is 28.8. The van der Waals surface area contributed by atoms with Crippen LogP contribution >= 0.6 is 0 Å². The maximum Gasteiger partial charge on any atom is 0.184 e. The molecule has 5 rings (SSSR count). The van der Waals surface area contributed by atoms with Crippen molar-refractivity contribution in [3.63, 3.8) is 0 Å². The molecule has 1 heterocycles. The number of nitrogens with zero attached hydrogens (tertiary/aromatic N) is 1. The average molecular weight is 555 g/mol. The first-order chi connectivity index (χ1) is 19.9. The van der Waals surface area contributed by atoms with E-state index in [4.69, 9.17) is 15.2 Å². The molecule has 0 unspecified atom stereocenters. The molecule has 4 atom stereocenters. The highest BCUT2D eigenvalue weighted by atomic mass is 16.7. The summed E-state index contributed by atoms with van der Waals surface area (Å²) in [5.41, 5.74) is 12.5. The van der Waals surface area contributed by atoms with Crippen LogP contribution in [0, 0.1) is 0 Å². The number of ether oxygens (including phenoxy) is 2.